The third-order valence-corrected chi connectivity index (χ3v) is 7.51. The molecule has 30 heavy (non-hydrogen) atoms. The molecule has 3 rings (SSSR count). The summed E-state index contributed by atoms with van der Waals surface area (Å²) in [6.07, 6.45) is 0.257. The van der Waals surface area contributed by atoms with Crippen molar-refractivity contribution >= 4 is 28.5 Å². The quantitative estimate of drug-likeness (QED) is 0.534. The molecule has 0 spiro atoms. The number of ketones is 1. The lowest BCUT2D eigenvalue weighted by atomic mass is 9.78. The van der Waals surface area contributed by atoms with Crippen LogP contribution in [0, 0.1) is 5.92 Å². The summed E-state index contributed by atoms with van der Waals surface area (Å²) in [5.41, 5.74) is -2.67. The maximum Gasteiger partial charge on any atom is 0.339 e. The molecule has 164 valence electrons. The summed E-state index contributed by atoms with van der Waals surface area (Å²) in [5, 5.41) is 30.4. The van der Waals surface area contributed by atoms with Gasteiger partial charge in [0, 0.05) is 22.1 Å². The Morgan fingerprint density at radius 2 is 1.97 bits per heavy atom. The van der Waals surface area contributed by atoms with Gasteiger partial charge >= 0.3 is 11.9 Å². The van der Waals surface area contributed by atoms with Gasteiger partial charge in [0.15, 0.2) is 11.4 Å². The van der Waals surface area contributed by atoms with Crippen LogP contribution in [0.2, 0.25) is 0 Å². The standard InChI is InChI=1S/C20H24O9S/c1-10-4-3-5-14-17(20(26,9-30(14)27)19(25)28-2)18(24)16-11(7-15(23)29-10)6-12(21)8-13(16)22/h6,8,10,14,17,21-22,26H,3-5,7,9H2,1-2H3/t10-,14?,17?,20?,30?/m0/s1. The largest absolute Gasteiger partial charge is 0.508 e. The Morgan fingerprint density at radius 3 is 2.63 bits per heavy atom. The van der Waals surface area contributed by atoms with Gasteiger partial charge in [-0.15, -0.1) is 0 Å². The number of Topliss-reactive ketones (excluding diaryl/α,β-unsaturated/α-hetero) is 1. The van der Waals surface area contributed by atoms with E-state index in [1.807, 2.05) is 0 Å². The van der Waals surface area contributed by atoms with Crippen molar-refractivity contribution in [2.45, 2.75) is 49.6 Å². The molecule has 2 aliphatic heterocycles. The Balaban J connectivity index is 2.19. The number of hydrogen-bond acceptors (Lipinski definition) is 9. The molecule has 10 heteroatoms. The van der Waals surface area contributed by atoms with E-state index in [0.29, 0.717) is 12.8 Å². The van der Waals surface area contributed by atoms with Gasteiger partial charge in [0.2, 0.25) is 0 Å². The number of cyclic esters (lactones) is 1. The number of hydrogen-bond donors (Lipinski definition) is 3. The van der Waals surface area contributed by atoms with Crippen molar-refractivity contribution < 1.29 is 43.4 Å². The van der Waals surface area contributed by atoms with Gasteiger partial charge in [-0.3, -0.25) is 13.8 Å². The van der Waals surface area contributed by atoms with Crippen LogP contribution in [-0.4, -0.2) is 67.1 Å². The second-order valence-corrected chi connectivity index (χ2v) is 9.38. The third kappa shape index (κ3) is 3.93. The number of methoxy groups -OCH3 is 1. The molecule has 4 unspecified atom stereocenters. The van der Waals surface area contributed by atoms with Gasteiger partial charge in [-0.1, -0.05) is 0 Å². The van der Waals surface area contributed by atoms with Crippen molar-refractivity contribution in [3.8, 4) is 11.5 Å². The average molecular weight is 440 g/mol. The lowest BCUT2D eigenvalue weighted by Crippen LogP contribution is -2.51. The fraction of sp³-hybridized carbons (Fsp3) is 0.550. The molecule has 0 saturated carbocycles. The monoisotopic (exact) mass is 440 g/mol. The summed E-state index contributed by atoms with van der Waals surface area (Å²) in [5.74, 6) is -5.48. The van der Waals surface area contributed by atoms with Crippen molar-refractivity contribution in [3.05, 3.63) is 23.3 Å². The number of aromatic hydroxyl groups is 2. The van der Waals surface area contributed by atoms with Crippen LogP contribution < -0.4 is 0 Å². The fourth-order valence-corrected chi connectivity index (χ4v) is 6.28. The van der Waals surface area contributed by atoms with E-state index < -0.39 is 69.3 Å². The zero-order valence-electron chi connectivity index (χ0n) is 16.6. The highest BCUT2D eigenvalue weighted by Crippen LogP contribution is 2.42. The Kier molecular flexibility index (Phi) is 6.19. The van der Waals surface area contributed by atoms with Crippen LogP contribution in [-0.2, 0) is 36.3 Å². The molecule has 2 heterocycles. The van der Waals surface area contributed by atoms with Crippen LogP contribution in [0.4, 0.5) is 0 Å². The first kappa shape index (κ1) is 22.2. The molecule has 0 aromatic heterocycles. The van der Waals surface area contributed by atoms with E-state index in [4.69, 9.17) is 4.74 Å². The molecule has 5 atom stereocenters. The van der Waals surface area contributed by atoms with E-state index in [1.54, 1.807) is 6.92 Å². The number of phenols is 2. The number of rotatable bonds is 1. The molecule has 1 fully saturated rings. The predicted molar refractivity (Wildman–Crippen MR) is 104 cm³/mol. The van der Waals surface area contributed by atoms with Gasteiger partial charge in [0.1, 0.15) is 11.5 Å². The van der Waals surface area contributed by atoms with Gasteiger partial charge in [-0.25, -0.2) is 4.79 Å². The van der Waals surface area contributed by atoms with Gasteiger partial charge in [0.05, 0.1) is 36.9 Å². The molecular weight excluding hydrogens is 416 g/mol. The van der Waals surface area contributed by atoms with Crippen LogP contribution in [0.3, 0.4) is 0 Å². The minimum atomic E-state index is -2.33. The molecule has 2 aliphatic rings. The SMILES string of the molecule is COC(=O)C1(O)CS(=O)C2CCC[C@H](C)OC(=O)Cc3cc(O)cc(O)c3C(=O)C21. The molecule has 0 aliphatic carbocycles. The lowest BCUT2D eigenvalue weighted by Gasteiger charge is -2.29. The molecule has 9 nitrogen and oxygen atoms in total. The number of ether oxygens (including phenoxy) is 2. The summed E-state index contributed by atoms with van der Waals surface area (Å²) in [4.78, 5) is 38.2. The van der Waals surface area contributed by atoms with E-state index in [2.05, 4.69) is 4.74 Å². The molecule has 0 bridgehead atoms. The van der Waals surface area contributed by atoms with Gasteiger partial charge < -0.3 is 24.8 Å². The molecule has 0 amide bonds. The molecule has 3 N–H and O–H groups in total. The lowest BCUT2D eigenvalue weighted by molar-refractivity contribution is -0.163. The average Bonchev–Trinajstić information content (AvgIpc) is 2.90. The zero-order chi connectivity index (χ0) is 22.2. The van der Waals surface area contributed by atoms with Crippen molar-refractivity contribution in [1.29, 1.82) is 0 Å². The van der Waals surface area contributed by atoms with Crippen LogP contribution >= 0.6 is 0 Å². The maximum absolute atomic E-state index is 13.5. The van der Waals surface area contributed by atoms with Crippen molar-refractivity contribution in [3.63, 3.8) is 0 Å². The zero-order valence-corrected chi connectivity index (χ0v) is 17.4. The number of aliphatic hydroxyl groups is 1. The number of carbonyl (C=O) groups excluding carboxylic acids is 3. The minimum Gasteiger partial charge on any atom is -0.508 e. The van der Waals surface area contributed by atoms with Crippen LogP contribution in [0.1, 0.15) is 42.1 Å². The van der Waals surface area contributed by atoms with E-state index in [1.165, 1.54) is 0 Å². The Morgan fingerprint density at radius 1 is 1.27 bits per heavy atom. The molecular formula is C20H24O9S. The summed E-state index contributed by atoms with van der Waals surface area (Å²) in [7, 11) is -0.657. The minimum absolute atomic E-state index is 0.0149. The second-order valence-electron chi connectivity index (χ2n) is 7.73. The molecule has 1 aromatic rings. The van der Waals surface area contributed by atoms with E-state index in [-0.39, 0.29) is 23.3 Å². The highest BCUT2D eigenvalue weighted by molar-refractivity contribution is 7.86. The second kappa shape index (κ2) is 8.35. The summed E-state index contributed by atoms with van der Waals surface area (Å²) in [6, 6.07) is 2.07. The predicted octanol–water partition coefficient (Wildman–Crippen LogP) is 0.590. The first-order valence-corrected chi connectivity index (χ1v) is 10.9. The Hall–Kier alpha value is -2.46. The van der Waals surface area contributed by atoms with E-state index in [9.17, 15) is 33.9 Å². The molecule has 1 saturated heterocycles. The highest BCUT2D eigenvalue weighted by Gasteiger charge is 2.60. The third-order valence-electron chi connectivity index (χ3n) is 5.60. The van der Waals surface area contributed by atoms with Crippen LogP contribution in [0.25, 0.3) is 0 Å². The van der Waals surface area contributed by atoms with Crippen LogP contribution in [0.5, 0.6) is 11.5 Å². The smallest absolute Gasteiger partial charge is 0.339 e. The summed E-state index contributed by atoms with van der Waals surface area (Å²) >= 11 is 0. The Labute approximate surface area is 175 Å². The summed E-state index contributed by atoms with van der Waals surface area (Å²) < 4.78 is 22.8. The number of benzene rings is 1. The first-order chi connectivity index (χ1) is 14.1. The maximum atomic E-state index is 13.5. The first-order valence-electron chi connectivity index (χ1n) is 9.55. The number of fused-ring (bicyclic) bond motifs is 2. The number of carbonyl (C=O) groups is 3. The van der Waals surface area contributed by atoms with Crippen LogP contribution in [0.15, 0.2) is 12.1 Å². The summed E-state index contributed by atoms with van der Waals surface area (Å²) in [6.45, 7) is 1.70. The van der Waals surface area contributed by atoms with Crippen molar-refractivity contribution in [1.82, 2.24) is 0 Å². The van der Waals surface area contributed by atoms with Crippen molar-refractivity contribution in [2.75, 3.05) is 12.9 Å². The number of phenolic OH excluding ortho intramolecular Hbond substituents is 2. The topological polar surface area (TPSA) is 147 Å². The van der Waals surface area contributed by atoms with E-state index >= 15 is 0 Å². The normalized spacial score (nSPS) is 32.2. The molecule has 0 radical (unpaired) electrons. The van der Waals surface area contributed by atoms with Gasteiger partial charge in [0.25, 0.3) is 0 Å². The van der Waals surface area contributed by atoms with Gasteiger partial charge in [-0.05, 0) is 37.8 Å². The number of esters is 2. The molecule has 1 aromatic carbocycles. The fourth-order valence-electron chi connectivity index (χ4n) is 4.25. The van der Waals surface area contributed by atoms with E-state index in [0.717, 1.165) is 19.2 Å². The highest BCUT2D eigenvalue weighted by atomic mass is 32.2. The van der Waals surface area contributed by atoms with Crippen molar-refractivity contribution in [2.24, 2.45) is 5.92 Å². The van der Waals surface area contributed by atoms with Gasteiger partial charge in [-0.2, -0.15) is 0 Å². The Bertz CT molecular complexity index is 912.